The van der Waals surface area contributed by atoms with E-state index in [4.69, 9.17) is 10.2 Å². The highest BCUT2D eigenvalue weighted by Gasteiger charge is 2.10. The van der Waals surface area contributed by atoms with Crippen molar-refractivity contribution >= 4 is 5.91 Å². The maximum atomic E-state index is 11.8. The summed E-state index contributed by atoms with van der Waals surface area (Å²) < 4.78 is 6.74. The highest BCUT2D eigenvalue weighted by molar-refractivity contribution is 5.75. The van der Waals surface area contributed by atoms with Crippen LogP contribution in [0.4, 0.5) is 0 Å². The van der Waals surface area contributed by atoms with E-state index in [9.17, 15) is 4.79 Å². The van der Waals surface area contributed by atoms with Crippen LogP contribution in [0.3, 0.4) is 0 Å². The van der Waals surface area contributed by atoms with Gasteiger partial charge >= 0.3 is 0 Å². The molecular weight excluding hydrogens is 258 g/mol. The Morgan fingerprint density at radius 2 is 2.45 bits per heavy atom. The summed E-state index contributed by atoms with van der Waals surface area (Å²) in [6, 6.07) is 3.86. The quantitative estimate of drug-likeness (QED) is 0.766. The van der Waals surface area contributed by atoms with Crippen LogP contribution in [0.15, 0.2) is 29.0 Å². The molecule has 1 amide bonds. The Kier molecular flexibility index (Phi) is 4.89. The van der Waals surface area contributed by atoms with Gasteiger partial charge in [-0.05, 0) is 25.5 Å². The number of carbonyl (C=O) groups excluding carboxylic acids is 1. The van der Waals surface area contributed by atoms with Gasteiger partial charge in [0.15, 0.2) is 0 Å². The van der Waals surface area contributed by atoms with Gasteiger partial charge in [0.1, 0.15) is 12.3 Å². The minimum absolute atomic E-state index is 0.0742. The molecule has 0 spiro atoms. The smallest absolute Gasteiger partial charge is 0.242 e. The molecule has 0 aliphatic rings. The van der Waals surface area contributed by atoms with Crippen LogP contribution >= 0.6 is 0 Å². The average Bonchev–Trinajstić information content (AvgIpc) is 3.06. The highest BCUT2D eigenvalue weighted by atomic mass is 16.3. The fourth-order valence-corrected chi connectivity index (χ4v) is 1.86. The standard InChI is InChI=1S/C13H19N5O2/c1-10(4-5-12-3-2-6-20-12)15-13(19)9-18-8-11(7-14)16-17-18/h2-3,6,8,10H,4-5,7,9,14H2,1H3,(H,15,19). The number of hydrogen-bond acceptors (Lipinski definition) is 5. The first-order valence-electron chi connectivity index (χ1n) is 6.58. The Balaban J connectivity index is 1.73. The van der Waals surface area contributed by atoms with E-state index in [-0.39, 0.29) is 18.5 Å². The molecule has 2 heterocycles. The van der Waals surface area contributed by atoms with E-state index >= 15 is 0 Å². The molecule has 3 N–H and O–H groups in total. The summed E-state index contributed by atoms with van der Waals surface area (Å²) in [5.41, 5.74) is 6.11. The van der Waals surface area contributed by atoms with Crippen molar-refractivity contribution in [3.05, 3.63) is 36.0 Å². The average molecular weight is 277 g/mol. The number of furan rings is 1. The van der Waals surface area contributed by atoms with E-state index in [0.717, 1.165) is 18.6 Å². The Hall–Kier alpha value is -2.15. The molecule has 0 aromatic carbocycles. The molecule has 0 bridgehead atoms. The Labute approximate surface area is 117 Å². The van der Waals surface area contributed by atoms with Crippen LogP contribution in [-0.4, -0.2) is 26.9 Å². The number of aromatic nitrogens is 3. The second-order valence-electron chi connectivity index (χ2n) is 4.70. The molecule has 0 saturated carbocycles. The molecule has 0 saturated heterocycles. The minimum atomic E-state index is -0.0922. The van der Waals surface area contributed by atoms with Crippen LogP contribution in [0.25, 0.3) is 0 Å². The van der Waals surface area contributed by atoms with Crippen LogP contribution in [-0.2, 0) is 24.3 Å². The molecule has 1 unspecified atom stereocenters. The third kappa shape index (κ3) is 4.20. The third-order valence-corrected chi connectivity index (χ3v) is 2.91. The van der Waals surface area contributed by atoms with Crippen LogP contribution in [0.2, 0.25) is 0 Å². The zero-order valence-electron chi connectivity index (χ0n) is 11.5. The van der Waals surface area contributed by atoms with E-state index in [2.05, 4.69) is 15.6 Å². The molecule has 1 atom stereocenters. The number of nitrogens with two attached hydrogens (primary N) is 1. The van der Waals surface area contributed by atoms with Crippen molar-refractivity contribution in [3.8, 4) is 0 Å². The first-order valence-corrected chi connectivity index (χ1v) is 6.58. The van der Waals surface area contributed by atoms with Crippen LogP contribution < -0.4 is 11.1 Å². The molecule has 108 valence electrons. The van der Waals surface area contributed by atoms with Gasteiger partial charge in [-0.25, -0.2) is 4.68 Å². The fourth-order valence-electron chi connectivity index (χ4n) is 1.86. The van der Waals surface area contributed by atoms with Crippen molar-refractivity contribution in [2.24, 2.45) is 5.73 Å². The fraction of sp³-hybridized carbons (Fsp3) is 0.462. The summed E-state index contributed by atoms with van der Waals surface area (Å²) in [7, 11) is 0. The lowest BCUT2D eigenvalue weighted by Crippen LogP contribution is -2.35. The first kappa shape index (κ1) is 14.3. The molecule has 20 heavy (non-hydrogen) atoms. The first-order chi connectivity index (χ1) is 9.67. The maximum Gasteiger partial charge on any atom is 0.242 e. The molecule has 0 aliphatic heterocycles. The van der Waals surface area contributed by atoms with E-state index in [0.29, 0.717) is 12.2 Å². The lowest BCUT2D eigenvalue weighted by molar-refractivity contribution is -0.122. The predicted octanol–water partition coefficient (Wildman–Crippen LogP) is 0.467. The molecule has 2 aromatic rings. The number of amides is 1. The van der Waals surface area contributed by atoms with Crippen LogP contribution in [0, 0.1) is 0 Å². The summed E-state index contributed by atoms with van der Waals surface area (Å²) in [6.45, 7) is 2.44. The van der Waals surface area contributed by atoms with Gasteiger partial charge in [-0.3, -0.25) is 4.79 Å². The predicted molar refractivity (Wildman–Crippen MR) is 72.5 cm³/mol. The van der Waals surface area contributed by atoms with Gasteiger partial charge in [0.25, 0.3) is 0 Å². The van der Waals surface area contributed by atoms with Crippen molar-refractivity contribution < 1.29 is 9.21 Å². The SMILES string of the molecule is CC(CCc1ccco1)NC(=O)Cn1cc(CN)nn1. The molecule has 0 aliphatic carbocycles. The number of aryl methyl sites for hydroxylation is 1. The Bertz CT molecular complexity index is 535. The lowest BCUT2D eigenvalue weighted by Gasteiger charge is -2.12. The van der Waals surface area contributed by atoms with E-state index in [1.807, 2.05) is 19.1 Å². The number of rotatable bonds is 7. The van der Waals surface area contributed by atoms with Gasteiger partial charge in [0.05, 0.1) is 18.2 Å². The van der Waals surface area contributed by atoms with Crippen LogP contribution in [0.5, 0.6) is 0 Å². The van der Waals surface area contributed by atoms with Crippen LogP contribution in [0.1, 0.15) is 24.8 Å². The minimum Gasteiger partial charge on any atom is -0.469 e. The molecule has 0 fully saturated rings. The molecule has 2 aromatic heterocycles. The van der Waals surface area contributed by atoms with Crippen molar-refractivity contribution in [1.29, 1.82) is 0 Å². The Morgan fingerprint density at radius 1 is 1.60 bits per heavy atom. The number of carbonyl (C=O) groups is 1. The largest absolute Gasteiger partial charge is 0.469 e. The number of nitrogens with one attached hydrogen (secondary N) is 1. The Morgan fingerprint density at radius 3 is 3.10 bits per heavy atom. The number of nitrogens with zero attached hydrogens (tertiary/aromatic N) is 3. The van der Waals surface area contributed by atoms with Gasteiger partial charge in [0.2, 0.25) is 5.91 Å². The normalized spacial score (nSPS) is 12.3. The molecule has 7 nitrogen and oxygen atoms in total. The summed E-state index contributed by atoms with van der Waals surface area (Å²) in [5.74, 6) is 0.834. The van der Waals surface area contributed by atoms with Crippen molar-refractivity contribution in [2.45, 2.75) is 38.9 Å². The van der Waals surface area contributed by atoms with Gasteiger partial charge in [0, 0.05) is 19.0 Å². The highest BCUT2D eigenvalue weighted by Crippen LogP contribution is 2.05. The van der Waals surface area contributed by atoms with E-state index in [1.165, 1.54) is 4.68 Å². The molecule has 2 rings (SSSR count). The third-order valence-electron chi connectivity index (χ3n) is 2.91. The van der Waals surface area contributed by atoms with Gasteiger partial charge in [-0.2, -0.15) is 0 Å². The lowest BCUT2D eigenvalue weighted by atomic mass is 10.1. The molecule has 0 radical (unpaired) electrons. The van der Waals surface area contributed by atoms with Gasteiger partial charge < -0.3 is 15.5 Å². The second-order valence-corrected chi connectivity index (χ2v) is 4.70. The van der Waals surface area contributed by atoms with E-state index < -0.39 is 0 Å². The van der Waals surface area contributed by atoms with Crippen molar-refractivity contribution in [3.63, 3.8) is 0 Å². The zero-order chi connectivity index (χ0) is 14.4. The summed E-state index contributed by atoms with van der Waals surface area (Å²) in [4.78, 5) is 11.8. The van der Waals surface area contributed by atoms with Gasteiger partial charge in [-0.15, -0.1) is 5.10 Å². The molecule has 7 heteroatoms. The van der Waals surface area contributed by atoms with E-state index in [1.54, 1.807) is 12.5 Å². The summed E-state index contributed by atoms with van der Waals surface area (Å²) in [5, 5.41) is 10.6. The van der Waals surface area contributed by atoms with Crippen molar-refractivity contribution in [2.75, 3.05) is 0 Å². The maximum absolute atomic E-state index is 11.8. The van der Waals surface area contributed by atoms with Crippen molar-refractivity contribution in [1.82, 2.24) is 20.3 Å². The topological polar surface area (TPSA) is 99.0 Å². The summed E-state index contributed by atoms with van der Waals surface area (Å²) in [6.07, 6.45) is 4.95. The zero-order valence-corrected chi connectivity index (χ0v) is 11.5. The number of hydrogen-bond donors (Lipinski definition) is 2. The monoisotopic (exact) mass is 277 g/mol. The second kappa shape index (κ2) is 6.85. The molecular formula is C13H19N5O2. The van der Waals surface area contributed by atoms with Gasteiger partial charge in [-0.1, -0.05) is 5.21 Å². The summed E-state index contributed by atoms with van der Waals surface area (Å²) >= 11 is 0.